The molecule has 0 amide bonds. The van der Waals surface area contributed by atoms with Gasteiger partial charge in [0.15, 0.2) is 0 Å². The minimum absolute atomic E-state index is 0.0900. The lowest BCUT2D eigenvalue weighted by Crippen LogP contribution is -2.33. The van der Waals surface area contributed by atoms with E-state index in [1.165, 1.54) is 0 Å². The molecule has 0 bridgehead atoms. The molecule has 0 saturated carbocycles. The van der Waals surface area contributed by atoms with Gasteiger partial charge in [0.2, 0.25) is 0 Å². The van der Waals surface area contributed by atoms with Gasteiger partial charge in [-0.05, 0) is 39.0 Å². The highest BCUT2D eigenvalue weighted by molar-refractivity contribution is 6.38. The largest absolute Gasteiger partial charge is 0.123 e. The normalized spacial score (nSPS) is 21.5. The second-order valence-corrected chi connectivity index (χ2v) is 8.35. The Morgan fingerprint density at radius 1 is 0.684 bits per heavy atom. The molecular formula is C13H22Cl6. The smallest absolute Gasteiger partial charge is 0.0677 e. The van der Waals surface area contributed by atoms with Crippen LogP contribution < -0.4 is 0 Å². The van der Waals surface area contributed by atoms with E-state index in [4.69, 9.17) is 69.6 Å². The van der Waals surface area contributed by atoms with E-state index in [0.717, 1.165) is 32.1 Å². The second kappa shape index (κ2) is 11.3. The van der Waals surface area contributed by atoms with Crippen LogP contribution in [-0.2, 0) is 0 Å². The predicted octanol–water partition coefficient (Wildman–Crippen LogP) is 6.62. The van der Waals surface area contributed by atoms with E-state index in [2.05, 4.69) is 0 Å². The highest BCUT2D eigenvalue weighted by Gasteiger charge is 2.30. The van der Waals surface area contributed by atoms with Gasteiger partial charge in [0.05, 0.1) is 21.5 Å². The zero-order valence-corrected chi connectivity index (χ0v) is 15.8. The molecule has 0 heterocycles. The van der Waals surface area contributed by atoms with Crippen LogP contribution in [0.1, 0.15) is 46.0 Å². The van der Waals surface area contributed by atoms with Crippen LogP contribution >= 0.6 is 69.6 Å². The number of halogens is 6. The van der Waals surface area contributed by atoms with Crippen LogP contribution in [0.3, 0.4) is 0 Å². The van der Waals surface area contributed by atoms with Crippen molar-refractivity contribution >= 4 is 69.6 Å². The van der Waals surface area contributed by atoms with E-state index in [0.29, 0.717) is 0 Å². The first kappa shape index (κ1) is 20.7. The highest BCUT2D eigenvalue weighted by Crippen LogP contribution is 2.30. The molecule has 6 unspecified atom stereocenters. The summed E-state index contributed by atoms with van der Waals surface area (Å²) >= 11 is 37.1. The average Bonchev–Trinajstić information content (AvgIpc) is 2.39. The van der Waals surface area contributed by atoms with Crippen LogP contribution in [0, 0.1) is 0 Å². The Labute approximate surface area is 147 Å². The Kier molecular flexibility index (Phi) is 12.4. The minimum Gasteiger partial charge on any atom is -0.123 e. The zero-order valence-electron chi connectivity index (χ0n) is 11.3. The maximum Gasteiger partial charge on any atom is 0.0677 e. The van der Waals surface area contributed by atoms with Crippen molar-refractivity contribution in [3.05, 3.63) is 0 Å². The number of rotatable bonds is 10. The van der Waals surface area contributed by atoms with Crippen LogP contribution in [0.15, 0.2) is 0 Å². The maximum absolute atomic E-state index is 6.29. The van der Waals surface area contributed by atoms with Crippen molar-refractivity contribution in [1.82, 2.24) is 0 Å². The number of hydrogen-bond donors (Lipinski definition) is 0. The third-order valence-corrected chi connectivity index (χ3v) is 6.30. The van der Waals surface area contributed by atoms with Crippen molar-refractivity contribution in [1.29, 1.82) is 0 Å². The van der Waals surface area contributed by atoms with Crippen molar-refractivity contribution in [3.8, 4) is 0 Å². The first-order chi connectivity index (χ1) is 8.79. The van der Waals surface area contributed by atoms with Crippen LogP contribution in [-0.4, -0.2) is 32.3 Å². The van der Waals surface area contributed by atoms with E-state index in [1.807, 2.05) is 13.8 Å². The second-order valence-electron chi connectivity index (χ2n) is 4.86. The van der Waals surface area contributed by atoms with Gasteiger partial charge in [-0.1, -0.05) is 6.92 Å². The van der Waals surface area contributed by atoms with Crippen molar-refractivity contribution in [2.24, 2.45) is 0 Å². The summed E-state index contributed by atoms with van der Waals surface area (Å²) in [4.78, 5) is 0. The third kappa shape index (κ3) is 9.38. The van der Waals surface area contributed by atoms with Crippen molar-refractivity contribution in [3.63, 3.8) is 0 Å². The molecule has 0 aromatic carbocycles. The Hall–Kier alpha value is 1.74. The molecule has 0 N–H and O–H groups in total. The average molecular weight is 391 g/mol. The van der Waals surface area contributed by atoms with Gasteiger partial charge >= 0.3 is 0 Å². The van der Waals surface area contributed by atoms with Gasteiger partial charge in [0.1, 0.15) is 0 Å². The van der Waals surface area contributed by atoms with Gasteiger partial charge < -0.3 is 0 Å². The predicted molar refractivity (Wildman–Crippen MR) is 92.3 cm³/mol. The molecule has 0 aliphatic carbocycles. The first-order valence-electron chi connectivity index (χ1n) is 6.64. The molecule has 0 aromatic rings. The molecule has 0 nitrogen and oxygen atoms in total. The van der Waals surface area contributed by atoms with Gasteiger partial charge in [-0.25, -0.2) is 0 Å². The SMILES string of the molecule is CCC(Cl)CCC(Cl)C(Cl)C(Cl)C(Cl)CCC(C)Cl. The Morgan fingerprint density at radius 2 is 1.11 bits per heavy atom. The van der Waals surface area contributed by atoms with Gasteiger partial charge in [-0.3, -0.25) is 0 Å². The molecule has 0 spiro atoms. The Bertz CT molecular complexity index is 223. The summed E-state index contributed by atoms with van der Waals surface area (Å²) in [6.45, 7) is 3.98. The van der Waals surface area contributed by atoms with E-state index in [-0.39, 0.29) is 32.3 Å². The molecule has 19 heavy (non-hydrogen) atoms. The summed E-state index contributed by atoms with van der Waals surface area (Å²) in [6, 6.07) is 0. The monoisotopic (exact) mass is 388 g/mol. The van der Waals surface area contributed by atoms with Gasteiger partial charge in [0.25, 0.3) is 0 Å². The molecule has 0 fully saturated rings. The molecule has 0 aromatic heterocycles. The maximum atomic E-state index is 6.29. The van der Waals surface area contributed by atoms with E-state index >= 15 is 0 Å². The summed E-state index contributed by atoms with van der Waals surface area (Å²) in [5.41, 5.74) is 0. The lowest BCUT2D eigenvalue weighted by atomic mass is 10.0. The molecule has 0 aliphatic heterocycles. The van der Waals surface area contributed by atoms with Crippen molar-refractivity contribution in [2.75, 3.05) is 0 Å². The number of hydrogen-bond acceptors (Lipinski definition) is 0. The quantitative estimate of drug-likeness (QED) is 0.367. The van der Waals surface area contributed by atoms with E-state index in [9.17, 15) is 0 Å². The summed E-state index contributed by atoms with van der Waals surface area (Å²) in [5.74, 6) is 0. The fraction of sp³-hybridized carbons (Fsp3) is 1.00. The summed E-state index contributed by atoms with van der Waals surface area (Å²) in [6.07, 6.45) is 4.06. The van der Waals surface area contributed by atoms with E-state index < -0.39 is 0 Å². The van der Waals surface area contributed by atoms with Crippen LogP contribution in [0.2, 0.25) is 0 Å². The lowest BCUT2D eigenvalue weighted by Gasteiger charge is -2.25. The molecule has 0 rings (SSSR count). The zero-order chi connectivity index (χ0) is 15.0. The molecular weight excluding hydrogens is 369 g/mol. The van der Waals surface area contributed by atoms with Gasteiger partial charge in [-0.15, -0.1) is 69.6 Å². The third-order valence-electron chi connectivity index (χ3n) is 3.03. The lowest BCUT2D eigenvalue weighted by molar-refractivity contribution is 0.577. The molecule has 0 aliphatic rings. The first-order valence-corrected chi connectivity index (χ1v) is 9.25. The molecule has 6 atom stereocenters. The topological polar surface area (TPSA) is 0 Å². The molecule has 0 radical (unpaired) electrons. The van der Waals surface area contributed by atoms with Gasteiger partial charge in [-0.2, -0.15) is 0 Å². The number of alkyl halides is 6. The Balaban J connectivity index is 4.11. The van der Waals surface area contributed by atoms with Crippen LogP contribution in [0.5, 0.6) is 0 Å². The fourth-order valence-corrected chi connectivity index (χ4v) is 3.22. The summed E-state index contributed by atoms with van der Waals surface area (Å²) < 4.78 is 0. The van der Waals surface area contributed by atoms with Gasteiger partial charge in [0, 0.05) is 10.8 Å². The molecule has 6 heteroatoms. The summed E-state index contributed by atoms with van der Waals surface area (Å²) in [5, 5.41) is -0.930. The van der Waals surface area contributed by atoms with Crippen LogP contribution in [0.4, 0.5) is 0 Å². The highest BCUT2D eigenvalue weighted by atomic mass is 35.5. The molecule has 116 valence electrons. The standard InChI is InChI=1S/C13H22Cl6/c1-3-9(15)5-7-11(17)13(19)12(18)10(16)6-4-8(2)14/h8-13H,3-7H2,1-2H3. The Morgan fingerprint density at radius 3 is 1.47 bits per heavy atom. The van der Waals surface area contributed by atoms with E-state index in [1.54, 1.807) is 0 Å². The van der Waals surface area contributed by atoms with Crippen LogP contribution in [0.25, 0.3) is 0 Å². The van der Waals surface area contributed by atoms with Crippen molar-refractivity contribution in [2.45, 2.75) is 78.2 Å². The summed E-state index contributed by atoms with van der Waals surface area (Å²) in [7, 11) is 0. The van der Waals surface area contributed by atoms with Crippen molar-refractivity contribution < 1.29 is 0 Å². The fourth-order valence-electron chi connectivity index (χ4n) is 1.65. The molecule has 0 saturated heterocycles. The minimum atomic E-state index is -0.364.